The first-order valence-electron chi connectivity index (χ1n) is 6.21. The van der Waals surface area contributed by atoms with Crippen LogP contribution in [0, 0.1) is 0 Å². The van der Waals surface area contributed by atoms with Crippen LogP contribution in [0.2, 0.25) is 0 Å². The maximum atomic E-state index is 5.95. The molecule has 0 saturated carbocycles. The number of nitrogens with zero attached hydrogens (tertiary/aromatic N) is 3. The topological polar surface area (TPSA) is 47.1 Å². The fraction of sp³-hybridized carbons (Fsp3) is 0.750. The predicted molar refractivity (Wildman–Crippen MR) is 65.1 cm³/mol. The zero-order valence-electron chi connectivity index (χ0n) is 10.0. The molecule has 0 amide bonds. The van der Waals surface area contributed by atoms with Crippen LogP contribution in [-0.4, -0.2) is 39.6 Å². The largest absolute Gasteiger partial charge is 0.337 e. The van der Waals surface area contributed by atoms with Crippen LogP contribution in [0.5, 0.6) is 0 Å². The molecule has 0 aliphatic carbocycles. The Morgan fingerprint density at radius 2 is 2.31 bits per heavy atom. The van der Waals surface area contributed by atoms with Crippen LogP contribution in [0.4, 0.5) is 0 Å². The fourth-order valence-corrected chi connectivity index (χ4v) is 2.46. The molecule has 16 heavy (non-hydrogen) atoms. The minimum absolute atomic E-state index is 0.417. The lowest BCUT2D eigenvalue weighted by atomic mass is 9.99. The van der Waals surface area contributed by atoms with Crippen LogP contribution in [-0.2, 0) is 6.54 Å². The Morgan fingerprint density at radius 1 is 1.44 bits per heavy atom. The molecule has 2 unspecified atom stereocenters. The summed E-state index contributed by atoms with van der Waals surface area (Å²) in [5.74, 6) is 0. The Bertz CT molecular complexity index is 296. The summed E-state index contributed by atoms with van der Waals surface area (Å²) in [7, 11) is 0. The Labute approximate surface area is 97.4 Å². The van der Waals surface area contributed by atoms with Crippen molar-refractivity contribution in [3.8, 4) is 0 Å². The van der Waals surface area contributed by atoms with E-state index < -0.39 is 0 Å². The van der Waals surface area contributed by atoms with Crippen molar-refractivity contribution in [2.24, 2.45) is 5.73 Å². The van der Waals surface area contributed by atoms with Crippen molar-refractivity contribution in [2.75, 3.05) is 13.1 Å². The molecule has 1 aromatic heterocycles. The number of hydrogen-bond donors (Lipinski definition) is 1. The third-order valence-electron chi connectivity index (χ3n) is 3.48. The van der Waals surface area contributed by atoms with Gasteiger partial charge in [0, 0.05) is 37.6 Å². The lowest BCUT2D eigenvalue weighted by Gasteiger charge is -2.36. The number of piperidine rings is 1. The molecule has 0 aromatic carbocycles. The minimum Gasteiger partial charge on any atom is -0.337 e. The lowest BCUT2D eigenvalue weighted by Crippen LogP contribution is -2.45. The van der Waals surface area contributed by atoms with Crippen LogP contribution in [0.25, 0.3) is 0 Å². The van der Waals surface area contributed by atoms with Gasteiger partial charge in [-0.25, -0.2) is 4.98 Å². The molecule has 2 heterocycles. The second-order valence-corrected chi connectivity index (χ2v) is 4.82. The van der Waals surface area contributed by atoms with E-state index in [1.807, 2.05) is 18.7 Å². The molecule has 0 bridgehead atoms. The van der Waals surface area contributed by atoms with Crippen LogP contribution >= 0.6 is 0 Å². The maximum absolute atomic E-state index is 5.95. The van der Waals surface area contributed by atoms with E-state index >= 15 is 0 Å². The molecule has 1 aromatic rings. The SMILES string of the molecule is CC1CC(N)CCN1CCCn1ccnc1. The number of hydrogen-bond acceptors (Lipinski definition) is 3. The number of imidazole rings is 1. The summed E-state index contributed by atoms with van der Waals surface area (Å²) in [6.45, 7) is 5.68. The Balaban J connectivity index is 1.69. The van der Waals surface area contributed by atoms with Crippen LogP contribution < -0.4 is 5.73 Å². The van der Waals surface area contributed by atoms with Crippen molar-refractivity contribution in [2.45, 2.75) is 44.8 Å². The number of aryl methyl sites for hydroxylation is 1. The van der Waals surface area contributed by atoms with Crippen molar-refractivity contribution in [1.82, 2.24) is 14.5 Å². The van der Waals surface area contributed by atoms with E-state index in [-0.39, 0.29) is 0 Å². The molecular formula is C12H22N4. The third kappa shape index (κ3) is 3.06. The van der Waals surface area contributed by atoms with Crippen molar-refractivity contribution >= 4 is 0 Å². The Hall–Kier alpha value is -0.870. The highest BCUT2D eigenvalue weighted by atomic mass is 15.2. The average Bonchev–Trinajstić information content (AvgIpc) is 2.74. The summed E-state index contributed by atoms with van der Waals surface area (Å²) < 4.78 is 2.14. The highest BCUT2D eigenvalue weighted by Gasteiger charge is 2.22. The summed E-state index contributed by atoms with van der Waals surface area (Å²) in [4.78, 5) is 6.60. The maximum Gasteiger partial charge on any atom is 0.0945 e. The van der Waals surface area contributed by atoms with Crippen molar-refractivity contribution < 1.29 is 0 Å². The molecule has 1 saturated heterocycles. The molecule has 4 nitrogen and oxygen atoms in total. The van der Waals surface area contributed by atoms with Gasteiger partial charge in [0.15, 0.2) is 0 Å². The standard InChI is InChI=1S/C12H22N4/c1-11-9-12(13)3-7-16(11)6-2-5-15-8-4-14-10-15/h4,8,10-12H,2-3,5-7,9,13H2,1H3. The first-order chi connectivity index (χ1) is 7.75. The van der Waals surface area contributed by atoms with Crippen LogP contribution in [0.15, 0.2) is 18.7 Å². The van der Waals surface area contributed by atoms with E-state index in [9.17, 15) is 0 Å². The molecule has 90 valence electrons. The van der Waals surface area contributed by atoms with Crippen molar-refractivity contribution in [3.63, 3.8) is 0 Å². The van der Waals surface area contributed by atoms with Crippen molar-refractivity contribution in [3.05, 3.63) is 18.7 Å². The van der Waals surface area contributed by atoms with E-state index in [0.29, 0.717) is 12.1 Å². The predicted octanol–water partition coefficient (Wildman–Crippen LogP) is 1.08. The van der Waals surface area contributed by atoms with Gasteiger partial charge in [0.1, 0.15) is 0 Å². The van der Waals surface area contributed by atoms with E-state index in [1.54, 1.807) is 0 Å². The number of nitrogens with two attached hydrogens (primary N) is 1. The van der Waals surface area contributed by atoms with E-state index in [2.05, 4.69) is 21.4 Å². The van der Waals surface area contributed by atoms with Gasteiger partial charge in [-0.05, 0) is 32.7 Å². The van der Waals surface area contributed by atoms with E-state index in [4.69, 9.17) is 5.73 Å². The van der Waals surface area contributed by atoms with Gasteiger partial charge >= 0.3 is 0 Å². The molecule has 4 heteroatoms. The quantitative estimate of drug-likeness (QED) is 0.829. The first-order valence-corrected chi connectivity index (χ1v) is 6.21. The smallest absolute Gasteiger partial charge is 0.0945 e. The summed E-state index contributed by atoms with van der Waals surface area (Å²) >= 11 is 0. The summed E-state index contributed by atoms with van der Waals surface area (Å²) in [6.07, 6.45) is 9.23. The number of aromatic nitrogens is 2. The fourth-order valence-electron chi connectivity index (χ4n) is 2.46. The third-order valence-corrected chi connectivity index (χ3v) is 3.48. The average molecular weight is 222 g/mol. The van der Waals surface area contributed by atoms with Crippen molar-refractivity contribution in [1.29, 1.82) is 0 Å². The second-order valence-electron chi connectivity index (χ2n) is 4.82. The normalized spacial score (nSPS) is 27.1. The zero-order chi connectivity index (χ0) is 11.4. The Kier molecular flexibility index (Phi) is 3.96. The molecule has 2 atom stereocenters. The van der Waals surface area contributed by atoms with Gasteiger partial charge < -0.3 is 15.2 Å². The monoisotopic (exact) mass is 222 g/mol. The minimum atomic E-state index is 0.417. The van der Waals surface area contributed by atoms with Gasteiger partial charge in [-0.1, -0.05) is 0 Å². The van der Waals surface area contributed by atoms with Crippen LogP contribution in [0.1, 0.15) is 26.2 Å². The molecule has 0 radical (unpaired) electrons. The molecule has 0 spiro atoms. The molecule has 2 rings (SSSR count). The second kappa shape index (κ2) is 5.46. The summed E-state index contributed by atoms with van der Waals surface area (Å²) in [6, 6.07) is 1.06. The summed E-state index contributed by atoms with van der Waals surface area (Å²) in [5, 5.41) is 0. The zero-order valence-corrected chi connectivity index (χ0v) is 10.0. The lowest BCUT2D eigenvalue weighted by molar-refractivity contribution is 0.144. The highest BCUT2D eigenvalue weighted by molar-refractivity contribution is 4.81. The highest BCUT2D eigenvalue weighted by Crippen LogP contribution is 2.15. The van der Waals surface area contributed by atoms with Gasteiger partial charge in [-0.2, -0.15) is 0 Å². The first kappa shape index (κ1) is 11.6. The van der Waals surface area contributed by atoms with Gasteiger partial charge in [-0.3, -0.25) is 0 Å². The van der Waals surface area contributed by atoms with Gasteiger partial charge in [0.2, 0.25) is 0 Å². The van der Waals surface area contributed by atoms with Gasteiger partial charge in [-0.15, -0.1) is 0 Å². The molecule has 1 fully saturated rings. The number of rotatable bonds is 4. The molecule has 2 N–H and O–H groups in total. The van der Waals surface area contributed by atoms with Gasteiger partial charge in [0.25, 0.3) is 0 Å². The number of likely N-dealkylation sites (tertiary alicyclic amines) is 1. The molecular weight excluding hydrogens is 200 g/mol. The van der Waals surface area contributed by atoms with E-state index in [0.717, 1.165) is 25.9 Å². The molecule has 1 aliphatic heterocycles. The summed E-state index contributed by atoms with van der Waals surface area (Å²) in [5.41, 5.74) is 5.95. The van der Waals surface area contributed by atoms with E-state index in [1.165, 1.54) is 13.0 Å². The Morgan fingerprint density at radius 3 is 3.00 bits per heavy atom. The van der Waals surface area contributed by atoms with Gasteiger partial charge in [0.05, 0.1) is 6.33 Å². The van der Waals surface area contributed by atoms with Crippen LogP contribution in [0.3, 0.4) is 0 Å². The molecule has 1 aliphatic rings.